The van der Waals surface area contributed by atoms with Crippen molar-refractivity contribution in [2.45, 2.75) is 6.54 Å². The minimum absolute atomic E-state index is 0.250. The lowest BCUT2D eigenvalue weighted by molar-refractivity contribution is 0.0946. The summed E-state index contributed by atoms with van der Waals surface area (Å²) in [5.74, 6) is -0.250. The molecule has 0 aliphatic rings. The van der Waals surface area contributed by atoms with Gasteiger partial charge in [-0.25, -0.2) is 4.98 Å². The second-order valence-corrected chi connectivity index (χ2v) is 5.54. The summed E-state index contributed by atoms with van der Waals surface area (Å²) in [5, 5.41) is 2.85. The first-order valence-electron chi connectivity index (χ1n) is 7.01. The Kier molecular flexibility index (Phi) is 3.39. The number of hydrogen-bond donors (Lipinski definition) is 1. The van der Waals surface area contributed by atoms with Crippen molar-refractivity contribution < 1.29 is 4.79 Å². The lowest BCUT2D eigenvalue weighted by atomic mass is 10.2. The fourth-order valence-corrected chi connectivity index (χ4v) is 2.79. The average Bonchev–Trinajstić information content (AvgIpc) is 3.07. The Morgan fingerprint density at radius 2 is 1.83 bits per heavy atom. The molecule has 23 heavy (non-hydrogen) atoms. The summed E-state index contributed by atoms with van der Waals surface area (Å²) in [7, 11) is 0. The predicted molar refractivity (Wildman–Crippen MR) is 88.1 cm³/mol. The third-order valence-electron chi connectivity index (χ3n) is 3.45. The summed E-state index contributed by atoms with van der Waals surface area (Å²) in [4.78, 5) is 20.8. The van der Waals surface area contributed by atoms with E-state index in [9.17, 15) is 4.79 Å². The Hall–Kier alpha value is -2.93. The van der Waals surface area contributed by atoms with Gasteiger partial charge < -0.3 is 5.32 Å². The number of carbonyl (C=O) groups is 1. The van der Waals surface area contributed by atoms with Crippen LogP contribution >= 0.6 is 11.7 Å². The molecular weight excluding hydrogens is 310 g/mol. The second-order valence-electron chi connectivity index (χ2n) is 5.01. The summed E-state index contributed by atoms with van der Waals surface area (Å²) in [6.45, 7) is 0.404. The molecule has 0 fully saturated rings. The fourth-order valence-electron chi connectivity index (χ4n) is 2.28. The van der Waals surface area contributed by atoms with E-state index < -0.39 is 0 Å². The highest BCUT2D eigenvalue weighted by Crippen LogP contribution is 2.13. The van der Waals surface area contributed by atoms with Crippen molar-refractivity contribution in [2.24, 2.45) is 0 Å². The molecule has 0 aliphatic carbocycles. The summed E-state index contributed by atoms with van der Waals surface area (Å²) in [5.41, 5.74) is 4.45. The minimum atomic E-state index is -0.250. The van der Waals surface area contributed by atoms with Crippen LogP contribution < -0.4 is 5.32 Å². The number of hydrogen-bond acceptors (Lipinski definition) is 6. The van der Waals surface area contributed by atoms with Crippen LogP contribution in [0.4, 0.5) is 0 Å². The molecule has 2 aromatic heterocycles. The molecule has 7 heteroatoms. The highest BCUT2D eigenvalue weighted by Gasteiger charge is 2.09. The number of amides is 1. The van der Waals surface area contributed by atoms with Crippen molar-refractivity contribution in [3.8, 4) is 0 Å². The highest BCUT2D eigenvalue weighted by atomic mass is 32.1. The summed E-state index contributed by atoms with van der Waals surface area (Å²) in [6.07, 6.45) is 1.49. The Balaban J connectivity index is 1.51. The molecule has 2 aromatic carbocycles. The van der Waals surface area contributed by atoms with Crippen LogP contribution in [-0.2, 0) is 6.54 Å². The molecule has 0 saturated carbocycles. The van der Waals surface area contributed by atoms with Crippen molar-refractivity contribution in [2.75, 3.05) is 0 Å². The molecule has 2 heterocycles. The summed E-state index contributed by atoms with van der Waals surface area (Å²) < 4.78 is 8.35. The van der Waals surface area contributed by atoms with Crippen LogP contribution in [0.2, 0.25) is 0 Å². The number of nitrogens with zero attached hydrogens (tertiary/aromatic N) is 4. The Morgan fingerprint density at radius 3 is 2.74 bits per heavy atom. The van der Waals surface area contributed by atoms with Crippen molar-refractivity contribution in [3.05, 3.63) is 59.9 Å². The SMILES string of the molecule is O=C(NCc1ccc2nsnc2c1)c1cnc2ccccc2n1. The molecule has 0 aliphatic heterocycles. The van der Waals surface area contributed by atoms with Crippen LogP contribution in [0.15, 0.2) is 48.7 Å². The van der Waals surface area contributed by atoms with Gasteiger partial charge in [0.1, 0.15) is 16.7 Å². The van der Waals surface area contributed by atoms with Gasteiger partial charge in [-0.15, -0.1) is 0 Å². The maximum atomic E-state index is 12.2. The van der Waals surface area contributed by atoms with Gasteiger partial charge in [-0.2, -0.15) is 8.75 Å². The highest BCUT2D eigenvalue weighted by molar-refractivity contribution is 7.00. The number of fused-ring (bicyclic) bond motifs is 2. The Bertz CT molecular complexity index is 1010. The van der Waals surface area contributed by atoms with Crippen molar-refractivity contribution in [1.29, 1.82) is 0 Å². The molecule has 112 valence electrons. The number of nitrogens with one attached hydrogen (secondary N) is 1. The minimum Gasteiger partial charge on any atom is -0.347 e. The fraction of sp³-hybridized carbons (Fsp3) is 0.0625. The molecule has 4 aromatic rings. The quantitative estimate of drug-likeness (QED) is 0.627. The van der Waals surface area contributed by atoms with Crippen molar-refractivity contribution >= 4 is 39.7 Å². The molecule has 0 spiro atoms. The second kappa shape index (κ2) is 5.69. The average molecular weight is 321 g/mol. The van der Waals surface area contributed by atoms with Crippen LogP contribution in [0.25, 0.3) is 22.1 Å². The maximum Gasteiger partial charge on any atom is 0.271 e. The first-order chi connectivity index (χ1) is 11.3. The van der Waals surface area contributed by atoms with E-state index in [1.165, 1.54) is 17.9 Å². The summed E-state index contributed by atoms with van der Waals surface area (Å²) in [6, 6.07) is 13.2. The van der Waals surface area contributed by atoms with E-state index in [4.69, 9.17) is 0 Å². The summed E-state index contributed by atoms with van der Waals surface area (Å²) >= 11 is 1.18. The van der Waals surface area contributed by atoms with E-state index >= 15 is 0 Å². The molecule has 0 saturated heterocycles. The number of carbonyl (C=O) groups excluding carboxylic acids is 1. The van der Waals surface area contributed by atoms with E-state index in [0.29, 0.717) is 17.8 Å². The lowest BCUT2D eigenvalue weighted by Crippen LogP contribution is -2.24. The molecule has 0 unspecified atom stereocenters. The molecule has 0 bridgehead atoms. The molecule has 1 N–H and O–H groups in total. The first-order valence-corrected chi connectivity index (χ1v) is 7.74. The number of benzene rings is 2. The van der Waals surface area contributed by atoms with Gasteiger partial charge in [0.05, 0.1) is 29.0 Å². The zero-order valence-electron chi connectivity index (χ0n) is 11.9. The predicted octanol–water partition coefficient (Wildman–Crippen LogP) is 2.56. The standard InChI is InChI=1S/C16H11N5OS/c22-16(15-9-17-11-3-1-2-4-12(11)19-15)18-8-10-5-6-13-14(7-10)21-23-20-13/h1-7,9H,8H2,(H,18,22). The monoisotopic (exact) mass is 321 g/mol. The number of rotatable bonds is 3. The van der Waals surface area contributed by atoms with E-state index in [-0.39, 0.29) is 5.91 Å². The molecule has 4 rings (SSSR count). The van der Waals surface area contributed by atoms with Gasteiger partial charge >= 0.3 is 0 Å². The first kappa shape index (κ1) is 13.7. The topological polar surface area (TPSA) is 80.7 Å². The van der Waals surface area contributed by atoms with E-state index in [0.717, 1.165) is 22.1 Å². The van der Waals surface area contributed by atoms with E-state index in [2.05, 4.69) is 24.0 Å². The maximum absolute atomic E-state index is 12.2. The molecule has 1 amide bonds. The molecule has 0 atom stereocenters. The van der Waals surface area contributed by atoms with Crippen LogP contribution in [-0.4, -0.2) is 24.6 Å². The third kappa shape index (κ3) is 2.74. The van der Waals surface area contributed by atoms with Crippen LogP contribution in [0, 0.1) is 0 Å². The van der Waals surface area contributed by atoms with Crippen LogP contribution in [0.3, 0.4) is 0 Å². The van der Waals surface area contributed by atoms with Gasteiger partial charge in [0, 0.05) is 6.54 Å². The smallest absolute Gasteiger partial charge is 0.271 e. The zero-order valence-corrected chi connectivity index (χ0v) is 12.7. The van der Waals surface area contributed by atoms with Gasteiger partial charge in [0.15, 0.2) is 0 Å². The van der Waals surface area contributed by atoms with Crippen LogP contribution in [0.1, 0.15) is 16.1 Å². The third-order valence-corrected chi connectivity index (χ3v) is 4.01. The van der Waals surface area contributed by atoms with Crippen LogP contribution in [0.5, 0.6) is 0 Å². The largest absolute Gasteiger partial charge is 0.347 e. The van der Waals surface area contributed by atoms with Crippen molar-refractivity contribution in [3.63, 3.8) is 0 Å². The van der Waals surface area contributed by atoms with Gasteiger partial charge in [-0.1, -0.05) is 18.2 Å². The number of aromatic nitrogens is 4. The molecular formula is C16H11N5OS. The van der Waals surface area contributed by atoms with E-state index in [1.54, 1.807) is 0 Å². The van der Waals surface area contributed by atoms with Gasteiger partial charge in [0.25, 0.3) is 5.91 Å². The van der Waals surface area contributed by atoms with E-state index in [1.807, 2.05) is 42.5 Å². The van der Waals surface area contributed by atoms with Crippen molar-refractivity contribution in [1.82, 2.24) is 24.0 Å². The molecule has 6 nitrogen and oxygen atoms in total. The Labute approximate surface area is 135 Å². The normalized spacial score (nSPS) is 11.0. The van der Waals surface area contributed by atoms with Gasteiger partial charge in [-0.3, -0.25) is 9.78 Å². The number of para-hydroxylation sites is 2. The lowest BCUT2D eigenvalue weighted by Gasteiger charge is -2.05. The zero-order chi connectivity index (χ0) is 15.6. The molecule has 0 radical (unpaired) electrons. The Morgan fingerprint density at radius 1 is 1.00 bits per heavy atom. The van der Waals surface area contributed by atoms with Gasteiger partial charge in [-0.05, 0) is 29.8 Å². The van der Waals surface area contributed by atoms with Gasteiger partial charge in [0.2, 0.25) is 0 Å².